The number of nitrogens with one attached hydrogen (secondary N) is 3. The molecule has 0 atom stereocenters. The number of alkyl halides is 3. The Morgan fingerprint density at radius 1 is 1.27 bits per heavy atom. The largest absolute Gasteiger partial charge is 0.446 e. The first kappa shape index (κ1) is 27.6. The second-order valence-corrected chi connectivity index (χ2v) is 8.65. The number of carbonyl (C=O) groups is 3. The van der Waals surface area contributed by atoms with Crippen LogP contribution in [0.3, 0.4) is 0 Å². The van der Waals surface area contributed by atoms with Crippen LogP contribution in [0.15, 0.2) is 30.5 Å². The van der Waals surface area contributed by atoms with Gasteiger partial charge in [0.15, 0.2) is 5.82 Å². The quantitative estimate of drug-likeness (QED) is 0.534. The number of benzene rings is 1. The number of aromatic nitrogens is 2. The van der Waals surface area contributed by atoms with Gasteiger partial charge >= 0.3 is 6.18 Å². The molecule has 9 nitrogen and oxygen atoms in total. The lowest BCUT2D eigenvalue weighted by molar-refractivity contribution is -0.156. The zero-order chi connectivity index (χ0) is 27.0. The first-order valence-electron chi connectivity index (χ1n) is 11.7. The first-order chi connectivity index (χ1) is 17.6. The van der Waals surface area contributed by atoms with Crippen LogP contribution >= 0.6 is 0 Å². The van der Waals surface area contributed by atoms with E-state index in [2.05, 4.69) is 38.8 Å². The van der Waals surface area contributed by atoms with Gasteiger partial charge in [-0.15, -0.1) is 0 Å². The van der Waals surface area contributed by atoms with Crippen molar-refractivity contribution < 1.29 is 27.6 Å². The summed E-state index contributed by atoms with van der Waals surface area (Å²) in [6.45, 7) is 4.86. The fraction of sp³-hybridized carbons (Fsp3) is 0.400. The van der Waals surface area contributed by atoms with Gasteiger partial charge in [0, 0.05) is 37.8 Å². The van der Waals surface area contributed by atoms with E-state index in [1.807, 2.05) is 17.0 Å². The maximum Gasteiger partial charge on any atom is 0.446 e. The van der Waals surface area contributed by atoms with Gasteiger partial charge < -0.3 is 20.5 Å². The van der Waals surface area contributed by atoms with E-state index >= 15 is 0 Å². The molecule has 3 heterocycles. The van der Waals surface area contributed by atoms with Gasteiger partial charge in [-0.05, 0) is 55.0 Å². The number of imidazole rings is 1. The third kappa shape index (κ3) is 7.75. The average molecular weight is 517 g/mol. The number of rotatable bonds is 4. The summed E-state index contributed by atoms with van der Waals surface area (Å²) in [5, 5.41) is 15.3. The van der Waals surface area contributed by atoms with Gasteiger partial charge in [0.2, 0.25) is 12.2 Å². The normalized spacial score (nSPS) is 16.1. The van der Waals surface area contributed by atoms with E-state index in [4.69, 9.17) is 10.1 Å². The predicted octanol–water partition coefficient (Wildman–Crippen LogP) is 3.38. The molecule has 196 valence electrons. The number of nitriles is 1. The first-order valence-corrected chi connectivity index (χ1v) is 11.7. The number of amides is 2. The zero-order valence-electron chi connectivity index (χ0n) is 20.2. The molecule has 37 heavy (non-hydrogen) atoms. The summed E-state index contributed by atoms with van der Waals surface area (Å²) < 4.78 is 31.2. The number of aromatic amines is 1. The summed E-state index contributed by atoms with van der Waals surface area (Å²) in [7, 11) is 0. The van der Waals surface area contributed by atoms with Gasteiger partial charge in [0.05, 0.1) is 6.20 Å². The molecule has 4 rings (SSSR count). The third-order valence-electron chi connectivity index (χ3n) is 6.12. The van der Waals surface area contributed by atoms with Crippen molar-refractivity contribution in [3.63, 3.8) is 0 Å². The molecule has 1 aromatic heterocycles. The SMILES string of the molecule is CC(=O)N1CCC(c2ccc(NC(=O)c3ncc(C#N)[nH]3)c(C3=CCCNC3)c2)CC1.O=CC(F)(F)F. The van der Waals surface area contributed by atoms with E-state index < -0.39 is 12.5 Å². The molecule has 0 saturated carbocycles. The highest BCUT2D eigenvalue weighted by Crippen LogP contribution is 2.34. The highest BCUT2D eigenvalue weighted by atomic mass is 19.4. The number of hydrogen-bond acceptors (Lipinski definition) is 6. The summed E-state index contributed by atoms with van der Waals surface area (Å²) in [6, 6.07) is 8.13. The van der Waals surface area contributed by atoms with Crippen molar-refractivity contribution >= 4 is 29.4 Å². The molecule has 2 aliphatic rings. The van der Waals surface area contributed by atoms with Gasteiger partial charge in [0.25, 0.3) is 5.91 Å². The standard InChI is InChI=1S/C23H26N6O2.C2HF3O/c1-15(30)29-9-6-16(7-10-29)17-4-5-21(20(11-17)18-3-2-8-25-13-18)28-23(31)22-26-14-19(12-24)27-22;3-2(4,5)1-6/h3-5,11,14,16,25H,2,6-10,13H2,1H3,(H,26,27)(H,28,31);1H. The molecule has 0 unspecified atom stereocenters. The maximum absolute atomic E-state index is 12.7. The summed E-state index contributed by atoms with van der Waals surface area (Å²) in [4.78, 5) is 41.6. The van der Waals surface area contributed by atoms with Crippen molar-refractivity contribution in [3.05, 3.63) is 53.1 Å². The molecule has 3 N–H and O–H groups in total. The Morgan fingerprint density at radius 2 is 1.97 bits per heavy atom. The topological polar surface area (TPSA) is 131 Å². The Labute approximate surface area is 211 Å². The minimum Gasteiger partial charge on any atom is -0.343 e. The summed E-state index contributed by atoms with van der Waals surface area (Å²) >= 11 is 0. The van der Waals surface area contributed by atoms with E-state index in [1.54, 1.807) is 6.92 Å². The van der Waals surface area contributed by atoms with E-state index in [0.717, 1.165) is 62.3 Å². The van der Waals surface area contributed by atoms with Crippen LogP contribution in [0, 0.1) is 11.3 Å². The van der Waals surface area contributed by atoms with E-state index in [1.165, 1.54) is 11.8 Å². The van der Waals surface area contributed by atoms with Crippen molar-refractivity contribution in [2.75, 3.05) is 31.5 Å². The van der Waals surface area contributed by atoms with Crippen molar-refractivity contribution in [2.24, 2.45) is 0 Å². The van der Waals surface area contributed by atoms with Gasteiger partial charge in [-0.3, -0.25) is 14.4 Å². The predicted molar refractivity (Wildman–Crippen MR) is 130 cm³/mol. The molecule has 1 aromatic carbocycles. The van der Waals surface area contributed by atoms with Crippen molar-refractivity contribution in [2.45, 2.75) is 38.3 Å². The smallest absolute Gasteiger partial charge is 0.343 e. The lowest BCUT2D eigenvalue weighted by Gasteiger charge is -2.32. The number of hydrogen-bond donors (Lipinski definition) is 3. The molecular formula is C25H27F3N6O3. The molecule has 2 aromatic rings. The highest BCUT2D eigenvalue weighted by Gasteiger charge is 2.25. The zero-order valence-corrected chi connectivity index (χ0v) is 20.2. The van der Waals surface area contributed by atoms with Gasteiger partial charge in [-0.2, -0.15) is 18.4 Å². The van der Waals surface area contributed by atoms with Crippen molar-refractivity contribution in [1.29, 1.82) is 5.26 Å². The molecule has 0 bridgehead atoms. The maximum atomic E-state index is 12.7. The van der Waals surface area contributed by atoms with Gasteiger partial charge in [0.1, 0.15) is 11.8 Å². The fourth-order valence-corrected chi connectivity index (χ4v) is 4.24. The molecule has 1 saturated heterocycles. The van der Waals surface area contributed by atoms with Gasteiger partial charge in [-0.1, -0.05) is 12.1 Å². The second kappa shape index (κ2) is 12.3. The average Bonchev–Trinajstić information content (AvgIpc) is 3.39. The van der Waals surface area contributed by atoms with Crippen LogP contribution in [0.25, 0.3) is 5.57 Å². The van der Waals surface area contributed by atoms with E-state index in [9.17, 15) is 22.8 Å². The van der Waals surface area contributed by atoms with Crippen molar-refractivity contribution in [1.82, 2.24) is 20.2 Å². The molecule has 0 spiro atoms. The van der Waals surface area contributed by atoms with Gasteiger partial charge in [-0.25, -0.2) is 4.98 Å². The van der Waals surface area contributed by atoms with Crippen LogP contribution in [0.4, 0.5) is 18.9 Å². The molecule has 12 heteroatoms. The number of aldehydes is 1. The number of likely N-dealkylation sites (tertiary alicyclic amines) is 1. The van der Waals surface area contributed by atoms with Crippen LogP contribution in [0.1, 0.15) is 59.5 Å². The molecule has 2 aliphatic heterocycles. The van der Waals surface area contributed by atoms with Crippen LogP contribution in [-0.4, -0.2) is 65.3 Å². The Hall–Kier alpha value is -3.98. The Kier molecular flexibility index (Phi) is 9.19. The number of halogens is 3. The van der Waals surface area contributed by atoms with E-state index in [-0.39, 0.29) is 23.3 Å². The van der Waals surface area contributed by atoms with Crippen LogP contribution in [0.2, 0.25) is 0 Å². The number of carbonyl (C=O) groups excluding carboxylic acids is 3. The molecular weight excluding hydrogens is 489 g/mol. The number of anilines is 1. The fourth-order valence-electron chi connectivity index (χ4n) is 4.24. The molecule has 2 amide bonds. The number of nitrogens with zero attached hydrogens (tertiary/aromatic N) is 3. The minimum atomic E-state index is -4.64. The third-order valence-corrected chi connectivity index (χ3v) is 6.12. The number of piperidine rings is 1. The highest BCUT2D eigenvalue weighted by molar-refractivity contribution is 6.03. The molecule has 0 aliphatic carbocycles. The minimum absolute atomic E-state index is 0.110. The number of H-pyrrole nitrogens is 1. The molecule has 0 radical (unpaired) electrons. The lowest BCUT2D eigenvalue weighted by atomic mass is 9.86. The second-order valence-electron chi connectivity index (χ2n) is 8.65. The van der Waals surface area contributed by atoms with Crippen molar-refractivity contribution in [3.8, 4) is 6.07 Å². The van der Waals surface area contributed by atoms with Crippen LogP contribution in [0.5, 0.6) is 0 Å². The summed E-state index contributed by atoms with van der Waals surface area (Å²) in [6.07, 6.45) is 0.668. The molecule has 1 fully saturated rings. The van der Waals surface area contributed by atoms with Crippen LogP contribution < -0.4 is 10.6 Å². The van der Waals surface area contributed by atoms with Crippen LogP contribution in [-0.2, 0) is 9.59 Å². The van der Waals surface area contributed by atoms with E-state index in [0.29, 0.717) is 5.92 Å². The Morgan fingerprint density at radius 3 is 2.51 bits per heavy atom. The monoisotopic (exact) mass is 516 g/mol. The Bertz CT molecular complexity index is 1210. The Balaban J connectivity index is 0.000000568. The summed E-state index contributed by atoms with van der Waals surface area (Å²) in [5.74, 6) is 0.251. The lowest BCUT2D eigenvalue weighted by Crippen LogP contribution is -2.36. The summed E-state index contributed by atoms with van der Waals surface area (Å²) in [5.41, 5.74) is 4.35.